The van der Waals surface area contributed by atoms with Gasteiger partial charge in [-0.3, -0.25) is 4.79 Å². The van der Waals surface area contributed by atoms with Crippen LogP contribution in [-0.2, 0) is 6.42 Å². The Hall–Kier alpha value is -2.51. The summed E-state index contributed by atoms with van der Waals surface area (Å²) in [6, 6.07) is 5.00. The number of nitrogens with zero attached hydrogens (tertiary/aromatic N) is 1. The van der Waals surface area contributed by atoms with Gasteiger partial charge in [-0.15, -0.1) is 11.3 Å². The summed E-state index contributed by atoms with van der Waals surface area (Å²) < 4.78 is 16.8. The number of aromatic carboxylic acids is 1. The average Bonchev–Trinajstić information content (AvgIpc) is 3.40. The zero-order valence-corrected chi connectivity index (χ0v) is 15.9. The number of hydrogen-bond acceptors (Lipinski definition) is 4. The lowest BCUT2D eigenvalue weighted by atomic mass is 9.94. The van der Waals surface area contributed by atoms with Crippen molar-refractivity contribution in [3.8, 4) is 10.4 Å². The molecule has 1 fully saturated rings. The van der Waals surface area contributed by atoms with E-state index in [9.17, 15) is 14.7 Å². The van der Waals surface area contributed by atoms with E-state index >= 15 is 4.39 Å². The minimum absolute atomic E-state index is 0.0139. The third-order valence-electron chi connectivity index (χ3n) is 5.72. The van der Waals surface area contributed by atoms with Gasteiger partial charge in [0.15, 0.2) is 0 Å². The number of fused-ring (bicyclic) bond motifs is 2. The molecule has 3 N–H and O–H groups in total. The van der Waals surface area contributed by atoms with E-state index in [-0.39, 0.29) is 23.0 Å². The summed E-state index contributed by atoms with van der Waals surface area (Å²) in [7, 11) is 0. The molecule has 1 unspecified atom stereocenters. The Morgan fingerprint density at radius 1 is 1.25 bits per heavy atom. The summed E-state index contributed by atoms with van der Waals surface area (Å²) in [5.74, 6) is -1.80. The molecule has 2 heterocycles. The van der Waals surface area contributed by atoms with E-state index < -0.39 is 17.2 Å². The topological polar surface area (TPSA) is 85.3 Å². The molecule has 1 saturated carbocycles. The van der Waals surface area contributed by atoms with E-state index in [1.54, 1.807) is 17.4 Å². The molecule has 0 bridgehead atoms. The fourth-order valence-corrected chi connectivity index (χ4v) is 5.38. The summed E-state index contributed by atoms with van der Waals surface area (Å²) >= 11 is 1.56. The number of halogens is 1. The molecule has 2 aliphatic rings. The van der Waals surface area contributed by atoms with Crippen LogP contribution in [0.25, 0.3) is 21.3 Å². The average molecular weight is 398 g/mol. The number of hydrogen-bond donors (Lipinski definition) is 2. The monoisotopic (exact) mass is 398 g/mol. The van der Waals surface area contributed by atoms with Gasteiger partial charge >= 0.3 is 5.97 Å². The van der Waals surface area contributed by atoms with E-state index in [4.69, 9.17) is 5.73 Å². The molecule has 2 aliphatic carbocycles. The molecule has 0 aliphatic heterocycles. The van der Waals surface area contributed by atoms with Gasteiger partial charge in [0.05, 0.1) is 5.52 Å². The van der Waals surface area contributed by atoms with Gasteiger partial charge in [-0.05, 0) is 55.9 Å². The van der Waals surface area contributed by atoms with Gasteiger partial charge in [0, 0.05) is 39.0 Å². The predicted octanol–water partition coefficient (Wildman–Crippen LogP) is 4.24. The normalized spacial score (nSPS) is 19.0. The van der Waals surface area contributed by atoms with E-state index in [1.807, 2.05) is 10.6 Å². The molecule has 2 aromatic heterocycles. The van der Waals surface area contributed by atoms with Crippen LogP contribution in [-0.4, -0.2) is 15.6 Å². The molecule has 0 radical (unpaired) electrons. The van der Waals surface area contributed by atoms with E-state index in [2.05, 4.69) is 0 Å². The third kappa shape index (κ3) is 2.69. The zero-order valence-electron chi connectivity index (χ0n) is 15.1. The van der Waals surface area contributed by atoms with Gasteiger partial charge < -0.3 is 15.4 Å². The largest absolute Gasteiger partial charge is 0.477 e. The second kappa shape index (κ2) is 6.25. The lowest BCUT2D eigenvalue weighted by Crippen LogP contribution is -2.19. The van der Waals surface area contributed by atoms with Crippen LogP contribution in [0.5, 0.6) is 0 Å². The molecule has 3 aromatic rings. The molecule has 0 saturated heterocycles. The number of carboxylic acids is 1. The maximum absolute atomic E-state index is 15.0. The van der Waals surface area contributed by atoms with Gasteiger partial charge in [-0.2, -0.15) is 0 Å². The first-order valence-electron chi connectivity index (χ1n) is 9.44. The highest BCUT2D eigenvalue weighted by molar-refractivity contribution is 7.15. The van der Waals surface area contributed by atoms with Crippen LogP contribution in [0.3, 0.4) is 0 Å². The van der Waals surface area contributed by atoms with Crippen LogP contribution < -0.4 is 11.2 Å². The minimum Gasteiger partial charge on any atom is -0.477 e. The predicted molar refractivity (Wildman–Crippen MR) is 107 cm³/mol. The Bertz CT molecular complexity index is 1190. The van der Waals surface area contributed by atoms with Gasteiger partial charge in [0.2, 0.25) is 5.43 Å². The van der Waals surface area contributed by atoms with E-state index in [1.165, 1.54) is 17.1 Å². The van der Waals surface area contributed by atoms with Crippen molar-refractivity contribution in [1.29, 1.82) is 0 Å². The molecular weight excluding hydrogens is 379 g/mol. The number of carbonyl (C=O) groups is 1. The van der Waals surface area contributed by atoms with Crippen molar-refractivity contribution in [3.05, 3.63) is 56.4 Å². The molecule has 0 spiro atoms. The van der Waals surface area contributed by atoms with Gasteiger partial charge in [-0.25, -0.2) is 9.18 Å². The first-order chi connectivity index (χ1) is 13.4. The van der Waals surface area contributed by atoms with E-state index in [0.29, 0.717) is 11.1 Å². The molecule has 0 amide bonds. The lowest BCUT2D eigenvalue weighted by Gasteiger charge is -2.17. The van der Waals surface area contributed by atoms with Crippen LogP contribution in [0.2, 0.25) is 0 Å². The summed E-state index contributed by atoms with van der Waals surface area (Å²) in [5, 5.41) is 9.47. The standard InChI is InChI=1S/C21H19FN2O3S/c22-15-6-13-17(24(10-4-5-10)9-14(20(13)25)21(26)27)7-11(15)19-8-12-16(23)2-1-3-18(12)28-19/h6-10,16H,1-5,23H2,(H,26,27). The van der Waals surface area contributed by atoms with Crippen molar-refractivity contribution in [2.75, 3.05) is 0 Å². The van der Waals surface area contributed by atoms with Crippen LogP contribution in [0, 0.1) is 5.82 Å². The number of aromatic nitrogens is 1. The summed E-state index contributed by atoms with van der Waals surface area (Å²) in [4.78, 5) is 26.1. The van der Waals surface area contributed by atoms with Crippen molar-refractivity contribution >= 4 is 28.2 Å². The maximum atomic E-state index is 15.0. The van der Waals surface area contributed by atoms with Gasteiger partial charge in [0.1, 0.15) is 11.4 Å². The quantitative estimate of drug-likeness (QED) is 0.691. The second-order valence-electron chi connectivity index (χ2n) is 7.65. The molecule has 28 heavy (non-hydrogen) atoms. The number of pyridine rings is 1. The lowest BCUT2D eigenvalue weighted by molar-refractivity contribution is 0.0695. The van der Waals surface area contributed by atoms with Gasteiger partial charge in [0.25, 0.3) is 0 Å². The number of benzene rings is 1. The van der Waals surface area contributed by atoms with Crippen LogP contribution in [0.1, 0.15) is 58.6 Å². The number of thiophene rings is 1. The highest BCUT2D eigenvalue weighted by atomic mass is 32.1. The van der Waals surface area contributed by atoms with E-state index in [0.717, 1.165) is 42.5 Å². The van der Waals surface area contributed by atoms with Crippen molar-refractivity contribution in [2.45, 2.75) is 44.2 Å². The van der Waals surface area contributed by atoms with Crippen molar-refractivity contribution in [3.63, 3.8) is 0 Å². The van der Waals surface area contributed by atoms with Crippen LogP contribution in [0.15, 0.2) is 29.2 Å². The molecule has 144 valence electrons. The number of carboxylic acid groups (broad SMARTS) is 1. The number of aryl methyl sites for hydroxylation is 1. The highest BCUT2D eigenvalue weighted by Gasteiger charge is 2.28. The summed E-state index contributed by atoms with van der Waals surface area (Å²) in [6.45, 7) is 0. The first-order valence-corrected chi connectivity index (χ1v) is 10.3. The maximum Gasteiger partial charge on any atom is 0.341 e. The molecule has 1 atom stereocenters. The number of nitrogens with two attached hydrogens (primary N) is 1. The fraction of sp³-hybridized carbons (Fsp3) is 0.333. The second-order valence-corrected chi connectivity index (χ2v) is 8.79. The van der Waals surface area contributed by atoms with Crippen LogP contribution in [0.4, 0.5) is 4.39 Å². The SMILES string of the molecule is NC1CCCc2sc(-c3cc4c(cc3F)c(=O)c(C(=O)O)cn4C3CC3)cc21. The Balaban J connectivity index is 1.75. The van der Waals surface area contributed by atoms with Crippen LogP contribution >= 0.6 is 11.3 Å². The fourth-order valence-electron chi connectivity index (χ4n) is 4.09. The molecular formula is C21H19FN2O3S. The molecule has 1 aromatic carbocycles. The first kappa shape index (κ1) is 17.6. The number of rotatable bonds is 3. The van der Waals surface area contributed by atoms with Crippen molar-refractivity contribution in [1.82, 2.24) is 4.57 Å². The smallest absolute Gasteiger partial charge is 0.341 e. The van der Waals surface area contributed by atoms with Crippen molar-refractivity contribution < 1.29 is 14.3 Å². The van der Waals surface area contributed by atoms with Gasteiger partial charge in [-0.1, -0.05) is 0 Å². The Morgan fingerprint density at radius 2 is 2.04 bits per heavy atom. The minimum atomic E-state index is -1.29. The molecule has 5 rings (SSSR count). The molecule has 7 heteroatoms. The Kier molecular flexibility index (Phi) is 3.93. The summed E-state index contributed by atoms with van der Waals surface area (Å²) in [5.41, 5.74) is 7.38. The Morgan fingerprint density at radius 3 is 2.71 bits per heavy atom. The molecule has 5 nitrogen and oxygen atoms in total. The third-order valence-corrected chi connectivity index (χ3v) is 6.96. The Labute approximate surface area is 164 Å². The van der Waals surface area contributed by atoms with Crippen molar-refractivity contribution in [2.24, 2.45) is 5.73 Å². The zero-order chi connectivity index (χ0) is 19.6. The summed E-state index contributed by atoms with van der Waals surface area (Å²) in [6.07, 6.45) is 6.17. The highest BCUT2D eigenvalue weighted by Crippen LogP contribution is 2.42.